The topological polar surface area (TPSA) is 58.6 Å². The Hall–Kier alpha value is -1.40. The van der Waals surface area contributed by atoms with Crippen LogP contribution in [0.25, 0.3) is 0 Å². The molecule has 5 nitrogen and oxygen atoms in total. The molecule has 1 atom stereocenters. The van der Waals surface area contributed by atoms with E-state index in [0.717, 1.165) is 30.7 Å². The third-order valence-corrected chi connectivity index (χ3v) is 5.87. The molecule has 1 aromatic heterocycles. The molecule has 24 heavy (non-hydrogen) atoms. The number of carbonyl (C=O) groups excluding carboxylic acids is 2. The normalized spacial score (nSPS) is 20.8. The fourth-order valence-electron chi connectivity index (χ4n) is 3.22. The number of ether oxygens (including phenoxy) is 1. The molecule has 0 aromatic carbocycles. The van der Waals surface area contributed by atoms with Gasteiger partial charge < -0.3 is 15.0 Å². The van der Waals surface area contributed by atoms with Crippen LogP contribution < -0.4 is 5.32 Å². The van der Waals surface area contributed by atoms with Gasteiger partial charge in [0.15, 0.2) is 0 Å². The number of morpholine rings is 1. The lowest BCUT2D eigenvalue weighted by molar-refractivity contribution is -0.125. The second kappa shape index (κ2) is 7.66. The van der Waals surface area contributed by atoms with Crippen LogP contribution in [0, 0.1) is 11.8 Å². The van der Waals surface area contributed by atoms with Crippen LogP contribution >= 0.6 is 11.3 Å². The third-order valence-electron chi connectivity index (χ3n) is 4.65. The van der Waals surface area contributed by atoms with Crippen molar-refractivity contribution in [1.29, 1.82) is 0 Å². The monoisotopic (exact) mass is 350 g/mol. The van der Waals surface area contributed by atoms with Crippen LogP contribution in [0.5, 0.6) is 0 Å². The van der Waals surface area contributed by atoms with Gasteiger partial charge in [-0.2, -0.15) is 0 Å². The highest BCUT2D eigenvalue weighted by Gasteiger charge is 2.28. The Kier molecular flexibility index (Phi) is 5.56. The summed E-state index contributed by atoms with van der Waals surface area (Å²) < 4.78 is 5.31. The Labute approximate surface area is 147 Å². The fourth-order valence-corrected chi connectivity index (χ4v) is 4.40. The van der Waals surface area contributed by atoms with Crippen LogP contribution in [0.1, 0.15) is 40.4 Å². The predicted octanol–water partition coefficient (Wildman–Crippen LogP) is 2.10. The van der Waals surface area contributed by atoms with E-state index in [4.69, 9.17) is 4.74 Å². The van der Waals surface area contributed by atoms with E-state index in [-0.39, 0.29) is 17.7 Å². The molecule has 2 amide bonds. The summed E-state index contributed by atoms with van der Waals surface area (Å²) in [5.41, 5.74) is 1.19. The van der Waals surface area contributed by atoms with E-state index in [1.165, 1.54) is 10.4 Å². The average Bonchev–Trinajstić information content (AvgIpc) is 3.02. The van der Waals surface area contributed by atoms with Crippen molar-refractivity contribution in [1.82, 2.24) is 10.2 Å². The number of rotatable bonds is 4. The molecule has 0 saturated carbocycles. The van der Waals surface area contributed by atoms with Crippen LogP contribution in [0.2, 0.25) is 0 Å². The van der Waals surface area contributed by atoms with E-state index in [1.807, 2.05) is 11.0 Å². The highest BCUT2D eigenvalue weighted by molar-refractivity contribution is 7.14. The number of fused-ring (bicyclic) bond motifs is 1. The Morgan fingerprint density at radius 1 is 1.38 bits per heavy atom. The van der Waals surface area contributed by atoms with Crippen LogP contribution in [-0.4, -0.2) is 49.6 Å². The van der Waals surface area contributed by atoms with Gasteiger partial charge in [-0.1, -0.05) is 13.8 Å². The second-order valence-corrected chi connectivity index (χ2v) is 8.18. The van der Waals surface area contributed by atoms with Gasteiger partial charge in [-0.25, -0.2) is 0 Å². The van der Waals surface area contributed by atoms with Crippen molar-refractivity contribution in [3.05, 3.63) is 21.4 Å². The Bertz CT molecular complexity index is 605. The van der Waals surface area contributed by atoms with E-state index in [0.29, 0.717) is 32.2 Å². The van der Waals surface area contributed by atoms with Gasteiger partial charge in [-0.3, -0.25) is 9.59 Å². The summed E-state index contributed by atoms with van der Waals surface area (Å²) in [5.74, 6) is 0.768. The number of thiophene rings is 1. The van der Waals surface area contributed by atoms with Gasteiger partial charge in [0, 0.05) is 30.4 Å². The number of carbonyl (C=O) groups is 2. The standard InChI is InChI=1S/C18H26N2O3S/c1-12(2)11-19-17(21)13-3-4-15-14(9-13)10-16(24-15)18(22)20-5-7-23-8-6-20/h10,12-13H,3-9,11H2,1-2H3,(H,19,21)/t13-/m1/s1. The second-order valence-electron chi connectivity index (χ2n) is 7.04. The van der Waals surface area contributed by atoms with Gasteiger partial charge in [0.05, 0.1) is 18.1 Å². The first-order chi connectivity index (χ1) is 11.5. The lowest BCUT2D eigenvalue weighted by Crippen LogP contribution is -2.40. The molecule has 0 spiro atoms. The molecule has 132 valence electrons. The van der Waals surface area contributed by atoms with E-state index >= 15 is 0 Å². The number of hydrogen-bond acceptors (Lipinski definition) is 4. The lowest BCUT2D eigenvalue weighted by Gasteiger charge is -2.26. The van der Waals surface area contributed by atoms with E-state index in [1.54, 1.807) is 11.3 Å². The maximum Gasteiger partial charge on any atom is 0.264 e. The molecular formula is C18H26N2O3S. The van der Waals surface area contributed by atoms with E-state index in [9.17, 15) is 9.59 Å². The van der Waals surface area contributed by atoms with Crippen molar-refractivity contribution >= 4 is 23.2 Å². The van der Waals surface area contributed by atoms with E-state index in [2.05, 4.69) is 19.2 Å². The van der Waals surface area contributed by atoms with Gasteiger partial charge in [-0.05, 0) is 36.8 Å². The molecule has 1 fully saturated rings. The van der Waals surface area contributed by atoms with Crippen LogP contribution in [-0.2, 0) is 22.4 Å². The van der Waals surface area contributed by atoms with Gasteiger partial charge >= 0.3 is 0 Å². The zero-order chi connectivity index (χ0) is 17.1. The minimum Gasteiger partial charge on any atom is -0.378 e. The van der Waals surface area contributed by atoms with Crippen molar-refractivity contribution in [2.24, 2.45) is 11.8 Å². The molecule has 2 aliphatic rings. The molecule has 1 aromatic rings. The maximum atomic E-state index is 12.6. The van der Waals surface area contributed by atoms with Crippen LogP contribution in [0.15, 0.2) is 6.07 Å². The zero-order valence-corrected chi connectivity index (χ0v) is 15.3. The van der Waals surface area contributed by atoms with Crippen LogP contribution in [0.3, 0.4) is 0 Å². The first kappa shape index (κ1) is 17.4. The largest absolute Gasteiger partial charge is 0.378 e. The zero-order valence-electron chi connectivity index (χ0n) is 14.5. The summed E-state index contributed by atoms with van der Waals surface area (Å²) in [6.45, 7) is 7.50. The highest BCUT2D eigenvalue weighted by atomic mass is 32.1. The van der Waals surface area contributed by atoms with Gasteiger partial charge in [0.2, 0.25) is 5.91 Å². The minimum atomic E-state index is 0.0391. The molecule has 0 unspecified atom stereocenters. The van der Waals surface area contributed by atoms with Crippen molar-refractivity contribution in [2.75, 3.05) is 32.8 Å². The van der Waals surface area contributed by atoms with E-state index < -0.39 is 0 Å². The van der Waals surface area contributed by atoms with Gasteiger partial charge in [0.25, 0.3) is 5.91 Å². The summed E-state index contributed by atoms with van der Waals surface area (Å²) in [6, 6.07) is 2.01. The number of amides is 2. The highest BCUT2D eigenvalue weighted by Crippen LogP contribution is 2.33. The molecular weight excluding hydrogens is 324 g/mol. The summed E-state index contributed by atoms with van der Waals surface area (Å²) in [7, 11) is 0. The third kappa shape index (κ3) is 3.98. The Morgan fingerprint density at radius 2 is 2.12 bits per heavy atom. The molecule has 1 N–H and O–H groups in total. The van der Waals surface area contributed by atoms with Gasteiger partial charge in [-0.15, -0.1) is 11.3 Å². The average molecular weight is 350 g/mol. The molecule has 1 saturated heterocycles. The summed E-state index contributed by atoms with van der Waals surface area (Å²) in [6.07, 6.45) is 2.53. The van der Waals surface area contributed by atoms with Crippen molar-refractivity contribution in [2.45, 2.75) is 33.1 Å². The number of aryl methyl sites for hydroxylation is 1. The fraction of sp³-hybridized carbons (Fsp3) is 0.667. The summed E-state index contributed by atoms with van der Waals surface area (Å²) in [4.78, 5) is 28.9. The molecule has 6 heteroatoms. The molecule has 1 aliphatic heterocycles. The molecule has 1 aliphatic carbocycles. The number of hydrogen-bond donors (Lipinski definition) is 1. The first-order valence-electron chi connectivity index (χ1n) is 8.81. The van der Waals surface area contributed by atoms with Crippen molar-refractivity contribution in [3.8, 4) is 0 Å². The summed E-state index contributed by atoms with van der Waals surface area (Å²) >= 11 is 1.61. The number of nitrogens with one attached hydrogen (secondary N) is 1. The Balaban J connectivity index is 1.64. The number of nitrogens with zero attached hydrogens (tertiary/aromatic N) is 1. The SMILES string of the molecule is CC(C)CNC(=O)[C@@H]1CCc2sc(C(=O)N3CCOCC3)cc2C1. The summed E-state index contributed by atoms with van der Waals surface area (Å²) in [5, 5.41) is 3.04. The predicted molar refractivity (Wildman–Crippen MR) is 94.4 cm³/mol. The van der Waals surface area contributed by atoms with Crippen LogP contribution in [0.4, 0.5) is 0 Å². The quantitative estimate of drug-likeness (QED) is 0.905. The molecule has 2 heterocycles. The first-order valence-corrected chi connectivity index (χ1v) is 9.62. The smallest absolute Gasteiger partial charge is 0.264 e. The van der Waals surface area contributed by atoms with Gasteiger partial charge in [0.1, 0.15) is 0 Å². The maximum absolute atomic E-state index is 12.6. The molecule has 0 radical (unpaired) electrons. The lowest BCUT2D eigenvalue weighted by atomic mass is 9.87. The minimum absolute atomic E-state index is 0.0391. The molecule has 3 rings (SSSR count). The molecule has 0 bridgehead atoms. The Morgan fingerprint density at radius 3 is 2.83 bits per heavy atom. The van der Waals surface area contributed by atoms with Crippen molar-refractivity contribution in [3.63, 3.8) is 0 Å². The van der Waals surface area contributed by atoms with Crippen molar-refractivity contribution < 1.29 is 14.3 Å².